The second-order valence-electron chi connectivity index (χ2n) is 5.14. The number of hydrogen-bond donors (Lipinski definition) is 1. The quantitative estimate of drug-likeness (QED) is 0.671. The second-order valence-corrected chi connectivity index (χ2v) is 5.14. The molecule has 2 aromatic rings. The summed E-state index contributed by atoms with van der Waals surface area (Å²) in [5.41, 5.74) is 0.553. The summed E-state index contributed by atoms with van der Waals surface area (Å²) in [7, 11) is 0. The van der Waals surface area contributed by atoms with Crippen molar-refractivity contribution < 1.29 is 14.5 Å². The fraction of sp³-hybridized carbons (Fsp3) is 0.267. The second kappa shape index (κ2) is 6.82. The summed E-state index contributed by atoms with van der Waals surface area (Å²) in [6.07, 6.45) is -0.0298. The fourth-order valence-corrected chi connectivity index (χ4v) is 1.83. The third kappa shape index (κ3) is 4.22. The van der Waals surface area contributed by atoms with Crippen LogP contribution in [0.15, 0.2) is 30.3 Å². The molecule has 0 atom stereocenters. The van der Waals surface area contributed by atoms with Crippen molar-refractivity contribution in [1.29, 1.82) is 0 Å². The minimum Gasteiger partial charge on any atom is -0.474 e. The number of carbonyl (C=O) groups excluding carboxylic acids is 1. The van der Waals surface area contributed by atoms with Gasteiger partial charge in [-0.25, -0.2) is 0 Å². The largest absolute Gasteiger partial charge is 0.474 e. The molecule has 23 heavy (non-hydrogen) atoms. The van der Waals surface area contributed by atoms with Gasteiger partial charge in [0, 0.05) is 23.3 Å². The Hall–Kier alpha value is -3.03. The molecule has 1 amide bonds. The van der Waals surface area contributed by atoms with Crippen molar-refractivity contribution in [3.63, 3.8) is 0 Å². The lowest BCUT2D eigenvalue weighted by atomic mass is 10.1. The van der Waals surface area contributed by atoms with Gasteiger partial charge in [-0.15, -0.1) is 10.2 Å². The van der Waals surface area contributed by atoms with Crippen molar-refractivity contribution in [1.82, 2.24) is 10.2 Å². The zero-order valence-electron chi connectivity index (χ0n) is 12.9. The molecule has 8 nitrogen and oxygen atoms in total. The number of rotatable bonds is 5. The Bertz CT molecular complexity index is 729. The lowest BCUT2D eigenvalue weighted by Crippen LogP contribution is -2.14. The summed E-state index contributed by atoms with van der Waals surface area (Å²) in [5.74, 6) is 0.0817. The number of anilines is 1. The van der Waals surface area contributed by atoms with Crippen molar-refractivity contribution in [2.75, 3.05) is 5.32 Å². The molecule has 0 aliphatic rings. The molecule has 0 saturated heterocycles. The summed E-state index contributed by atoms with van der Waals surface area (Å²) in [4.78, 5) is 22.5. The van der Waals surface area contributed by atoms with Gasteiger partial charge in [0.05, 0.1) is 11.0 Å². The lowest BCUT2D eigenvalue weighted by Gasteiger charge is -2.08. The first-order chi connectivity index (χ1) is 10.9. The first kappa shape index (κ1) is 16.3. The number of aromatic nitrogens is 2. The van der Waals surface area contributed by atoms with Crippen LogP contribution in [-0.4, -0.2) is 27.1 Å². The molecule has 1 aromatic heterocycles. The van der Waals surface area contributed by atoms with Crippen LogP contribution in [-0.2, 0) is 0 Å². The number of aryl methyl sites for hydroxylation is 1. The molecule has 0 fully saturated rings. The molecule has 1 aromatic carbocycles. The first-order valence-corrected chi connectivity index (χ1v) is 6.93. The standard InChI is InChI=1S/C15H16N4O4/c1-9(2)23-14-7-6-13(17-18-14)16-15(20)11-5-4-10(3)12(8-11)19(21)22/h4-9H,1-3H3,(H,16,17,20). The van der Waals surface area contributed by atoms with E-state index in [4.69, 9.17) is 4.74 Å². The molecule has 0 unspecified atom stereocenters. The molecule has 0 radical (unpaired) electrons. The van der Waals surface area contributed by atoms with Gasteiger partial charge in [0.15, 0.2) is 5.82 Å². The van der Waals surface area contributed by atoms with Gasteiger partial charge in [-0.2, -0.15) is 0 Å². The topological polar surface area (TPSA) is 107 Å². The number of nitrogens with zero attached hydrogens (tertiary/aromatic N) is 3. The average molecular weight is 316 g/mol. The Morgan fingerprint density at radius 2 is 2.00 bits per heavy atom. The zero-order valence-corrected chi connectivity index (χ0v) is 12.9. The van der Waals surface area contributed by atoms with Crippen LogP contribution in [0, 0.1) is 17.0 Å². The van der Waals surface area contributed by atoms with Crippen LogP contribution < -0.4 is 10.1 Å². The summed E-state index contributed by atoms with van der Waals surface area (Å²) in [6.45, 7) is 5.34. The number of nitro benzene ring substituents is 1. The minimum atomic E-state index is -0.524. The predicted octanol–water partition coefficient (Wildman–Crippen LogP) is 2.73. The van der Waals surface area contributed by atoms with Crippen LogP contribution in [0.1, 0.15) is 29.8 Å². The summed E-state index contributed by atoms with van der Waals surface area (Å²) in [5, 5.41) is 21.1. The van der Waals surface area contributed by atoms with Crippen molar-refractivity contribution in [2.45, 2.75) is 26.9 Å². The number of nitro groups is 1. The van der Waals surface area contributed by atoms with Gasteiger partial charge >= 0.3 is 0 Å². The molecule has 0 saturated carbocycles. The SMILES string of the molecule is Cc1ccc(C(=O)Nc2ccc(OC(C)C)nn2)cc1[N+](=O)[O-]. The van der Waals surface area contributed by atoms with Gasteiger partial charge in [0.1, 0.15) is 0 Å². The van der Waals surface area contributed by atoms with Crippen molar-refractivity contribution in [3.8, 4) is 5.88 Å². The summed E-state index contributed by atoms with van der Waals surface area (Å²) >= 11 is 0. The highest BCUT2D eigenvalue weighted by Gasteiger charge is 2.15. The molecule has 8 heteroatoms. The lowest BCUT2D eigenvalue weighted by molar-refractivity contribution is -0.385. The summed E-state index contributed by atoms with van der Waals surface area (Å²) in [6, 6.07) is 7.40. The van der Waals surface area contributed by atoms with Gasteiger partial charge in [0.25, 0.3) is 11.6 Å². The smallest absolute Gasteiger partial charge is 0.273 e. The number of ether oxygens (including phenoxy) is 1. The fourth-order valence-electron chi connectivity index (χ4n) is 1.83. The van der Waals surface area contributed by atoms with E-state index in [1.54, 1.807) is 19.1 Å². The maximum absolute atomic E-state index is 12.1. The minimum absolute atomic E-state index is 0.0298. The van der Waals surface area contributed by atoms with Crippen LogP contribution >= 0.6 is 0 Å². The van der Waals surface area contributed by atoms with Gasteiger partial charge in [-0.1, -0.05) is 6.07 Å². The van der Waals surface area contributed by atoms with E-state index in [0.29, 0.717) is 11.4 Å². The Labute approximate surface area is 132 Å². The average Bonchev–Trinajstić information content (AvgIpc) is 2.48. The molecule has 0 bridgehead atoms. The highest BCUT2D eigenvalue weighted by molar-refractivity contribution is 6.04. The molecular weight excluding hydrogens is 300 g/mol. The van der Waals surface area contributed by atoms with Gasteiger partial charge < -0.3 is 10.1 Å². The van der Waals surface area contributed by atoms with Gasteiger partial charge in [-0.3, -0.25) is 14.9 Å². The van der Waals surface area contributed by atoms with Crippen molar-refractivity contribution in [3.05, 3.63) is 51.6 Å². The van der Waals surface area contributed by atoms with E-state index in [1.807, 2.05) is 13.8 Å². The third-order valence-electron chi connectivity index (χ3n) is 2.91. The van der Waals surface area contributed by atoms with E-state index >= 15 is 0 Å². The van der Waals surface area contributed by atoms with E-state index in [9.17, 15) is 14.9 Å². The molecule has 0 aliphatic carbocycles. The zero-order chi connectivity index (χ0) is 17.0. The number of amides is 1. The van der Waals surface area contributed by atoms with E-state index in [2.05, 4.69) is 15.5 Å². The number of carbonyl (C=O) groups is 1. The molecule has 2 rings (SSSR count). The third-order valence-corrected chi connectivity index (χ3v) is 2.91. The normalized spacial score (nSPS) is 10.4. The van der Waals surface area contributed by atoms with Crippen LogP contribution in [0.5, 0.6) is 5.88 Å². The van der Waals surface area contributed by atoms with E-state index < -0.39 is 10.8 Å². The van der Waals surface area contributed by atoms with Gasteiger partial charge in [0.2, 0.25) is 5.88 Å². The number of nitrogens with one attached hydrogen (secondary N) is 1. The van der Waals surface area contributed by atoms with Crippen LogP contribution in [0.3, 0.4) is 0 Å². The van der Waals surface area contributed by atoms with Crippen LogP contribution in [0.4, 0.5) is 11.5 Å². The van der Waals surface area contributed by atoms with Crippen molar-refractivity contribution in [2.24, 2.45) is 0 Å². The Morgan fingerprint density at radius 1 is 1.26 bits per heavy atom. The first-order valence-electron chi connectivity index (χ1n) is 6.93. The molecule has 0 aliphatic heterocycles. The monoisotopic (exact) mass is 316 g/mol. The summed E-state index contributed by atoms with van der Waals surface area (Å²) < 4.78 is 5.35. The maximum Gasteiger partial charge on any atom is 0.273 e. The molecular formula is C15H16N4O4. The molecule has 1 heterocycles. The molecule has 1 N–H and O–H groups in total. The van der Waals surface area contributed by atoms with Gasteiger partial charge in [-0.05, 0) is 32.9 Å². The van der Waals surface area contributed by atoms with Crippen LogP contribution in [0.25, 0.3) is 0 Å². The maximum atomic E-state index is 12.1. The molecule has 0 spiro atoms. The Morgan fingerprint density at radius 3 is 2.57 bits per heavy atom. The van der Waals surface area contributed by atoms with Crippen molar-refractivity contribution >= 4 is 17.4 Å². The highest BCUT2D eigenvalue weighted by Crippen LogP contribution is 2.20. The van der Waals surface area contributed by atoms with E-state index in [1.165, 1.54) is 18.2 Å². The number of hydrogen-bond acceptors (Lipinski definition) is 6. The Balaban J connectivity index is 2.13. The molecule has 120 valence electrons. The van der Waals surface area contributed by atoms with E-state index in [-0.39, 0.29) is 23.2 Å². The van der Waals surface area contributed by atoms with E-state index in [0.717, 1.165) is 0 Å². The van der Waals surface area contributed by atoms with Crippen LogP contribution in [0.2, 0.25) is 0 Å². The predicted molar refractivity (Wildman–Crippen MR) is 83.6 cm³/mol. The number of benzene rings is 1. The Kier molecular flexibility index (Phi) is 4.85. The highest BCUT2D eigenvalue weighted by atomic mass is 16.6.